The van der Waals surface area contributed by atoms with Crippen molar-refractivity contribution in [3.63, 3.8) is 0 Å². The molecule has 1 saturated carbocycles. The number of hydrogen-bond acceptors (Lipinski definition) is 3. The number of hydrazine groups is 1. The summed E-state index contributed by atoms with van der Waals surface area (Å²) in [4.78, 5) is 0. The fraction of sp³-hybridized carbons (Fsp3) is 1.00. The quantitative estimate of drug-likeness (QED) is 0.518. The fourth-order valence-electron chi connectivity index (χ4n) is 3.24. The van der Waals surface area contributed by atoms with Crippen LogP contribution in [0.4, 0.5) is 0 Å². The number of rotatable bonds is 8. The third-order valence-electron chi connectivity index (χ3n) is 4.29. The van der Waals surface area contributed by atoms with E-state index in [0.29, 0.717) is 18.1 Å². The third kappa shape index (κ3) is 5.25. The Labute approximate surface area is 113 Å². The second kappa shape index (κ2) is 8.89. The van der Waals surface area contributed by atoms with E-state index in [4.69, 9.17) is 10.6 Å². The summed E-state index contributed by atoms with van der Waals surface area (Å²) in [5.41, 5.74) is 3.00. The molecule has 1 fully saturated rings. The van der Waals surface area contributed by atoms with E-state index in [-0.39, 0.29) is 0 Å². The van der Waals surface area contributed by atoms with Crippen LogP contribution >= 0.6 is 0 Å². The Bertz CT molecular complexity index is 203. The van der Waals surface area contributed by atoms with E-state index in [1.165, 1.54) is 44.9 Å². The Balaban J connectivity index is 2.42. The molecular weight excluding hydrogens is 224 g/mol. The first-order valence-electron chi connectivity index (χ1n) is 7.68. The van der Waals surface area contributed by atoms with Gasteiger partial charge in [-0.2, -0.15) is 0 Å². The first kappa shape index (κ1) is 15.9. The first-order chi connectivity index (χ1) is 8.69. The van der Waals surface area contributed by atoms with E-state index in [0.717, 1.165) is 12.3 Å². The minimum absolute atomic E-state index is 0.294. The largest absolute Gasteiger partial charge is 0.379 e. The van der Waals surface area contributed by atoms with Crippen molar-refractivity contribution in [3.8, 4) is 0 Å². The van der Waals surface area contributed by atoms with Crippen molar-refractivity contribution in [2.45, 2.75) is 77.4 Å². The molecule has 3 heteroatoms. The lowest BCUT2D eigenvalue weighted by Gasteiger charge is -2.34. The Hall–Kier alpha value is -0.120. The Morgan fingerprint density at radius 2 is 1.83 bits per heavy atom. The molecular formula is C15H32N2O. The van der Waals surface area contributed by atoms with Gasteiger partial charge in [-0.25, -0.2) is 0 Å². The zero-order valence-electron chi connectivity index (χ0n) is 12.5. The molecule has 0 aliphatic heterocycles. The molecule has 0 aromatic heterocycles. The van der Waals surface area contributed by atoms with Crippen molar-refractivity contribution in [1.82, 2.24) is 5.43 Å². The summed E-state index contributed by atoms with van der Waals surface area (Å²) in [6.07, 6.45) is 10.6. The van der Waals surface area contributed by atoms with E-state index in [9.17, 15) is 0 Å². The van der Waals surface area contributed by atoms with E-state index < -0.39 is 0 Å². The summed E-state index contributed by atoms with van der Waals surface area (Å²) in [5.74, 6) is 7.22. The molecule has 0 saturated heterocycles. The van der Waals surface area contributed by atoms with Gasteiger partial charge in [0.05, 0.1) is 6.10 Å². The van der Waals surface area contributed by atoms with Crippen LogP contribution in [-0.2, 0) is 4.74 Å². The number of nitrogens with one attached hydrogen (secondary N) is 1. The van der Waals surface area contributed by atoms with Crippen molar-refractivity contribution < 1.29 is 4.74 Å². The van der Waals surface area contributed by atoms with Crippen LogP contribution in [0, 0.1) is 11.8 Å². The molecule has 1 aliphatic carbocycles. The van der Waals surface area contributed by atoms with Crippen molar-refractivity contribution in [3.05, 3.63) is 0 Å². The van der Waals surface area contributed by atoms with Crippen LogP contribution in [0.3, 0.4) is 0 Å². The normalized spacial score (nSPS) is 21.2. The van der Waals surface area contributed by atoms with Crippen LogP contribution in [0.5, 0.6) is 0 Å². The molecule has 0 spiro atoms. The Morgan fingerprint density at radius 1 is 1.17 bits per heavy atom. The number of methoxy groups -OCH3 is 1. The van der Waals surface area contributed by atoms with E-state index in [2.05, 4.69) is 19.3 Å². The van der Waals surface area contributed by atoms with Gasteiger partial charge in [0.25, 0.3) is 0 Å². The van der Waals surface area contributed by atoms with Crippen LogP contribution in [0.2, 0.25) is 0 Å². The monoisotopic (exact) mass is 256 g/mol. The second-order valence-electron chi connectivity index (χ2n) is 6.20. The van der Waals surface area contributed by atoms with Crippen LogP contribution in [-0.4, -0.2) is 19.3 Å². The Morgan fingerprint density at radius 3 is 2.33 bits per heavy atom. The average Bonchev–Trinajstić information content (AvgIpc) is 2.38. The molecule has 0 bridgehead atoms. The van der Waals surface area contributed by atoms with Gasteiger partial charge < -0.3 is 4.74 Å². The summed E-state index contributed by atoms with van der Waals surface area (Å²) < 4.78 is 5.76. The maximum Gasteiger partial charge on any atom is 0.0765 e. The molecule has 0 radical (unpaired) electrons. The molecule has 0 heterocycles. The molecule has 2 unspecified atom stereocenters. The van der Waals surface area contributed by atoms with Crippen molar-refractivity contribution >= 4 is 0 Å². The number of hydrogen-bond donors (Lipinski definition) is 2. The lowest BCUT2D eigenvalue weighted by atomic mass is 9.81. The summed E-state index contributed by atoms with van der Waals surface area (Å²) in [5, 5.41) is 0. The smallest absolute Gasteiger partial charge is 0.0765 e. The SMILES string of the molecule is COC(C1CCCCC1)C(CCCC(C)C)NN. The lowest BCUT2D eigenvalue weighted by molar-refractivity contribution is 0.00530. The molecule has 0 aromatic rings. The fourth-order valence-corrected chi connectivity index (χ4v) is 3.24. The zero-order valence-corrected chi connectivity index (χ0v) is 12.5. The van der Waals surface area contributed by atoms with E-state index in [1.807, 2.05) is 7.11 Å². The molecule has 3 nitrogen and oxygen atoms in total. The van der Waals surface area contributed by atoms with Crippen molar-refractivity contribution in [1.29, 1.82) is 0 Å². The van der Waals surface area contributed by atoms with E-state index >= 15 is 0 Å². The highest BCUT2D eigenvalue weighted by atomic mass is 16.5. The Kier molecular flexibility index (Phi) is 7.87. The maximum absolute atomic E-state index is 5.76. The molecule has 1 rings (SSSR count). The second-order valence-corrected chi connectivity index (χ2v) is 6.20. The predicted octanol–water partition coefficient (Wildman–Crippen LogP) is 3.24. The highest BCUT2D eigenvalue weighted by molar-refractivity contribution is 4.83. The van der Waals surface area contributed by atoms with Gasteiger partial charge in [-0.1, -0.05) is 46.0 Å². The molecule has 0 amide bonds. The van der Waals surface area contributed by atoms with Crippen LogP contribution < -0.4 is 11.3 Å². The predicted molar refractivity (Wildman–Crippen MR) is 77.2 cm³/mol. The van der Waals surface area contributed by atoms with Gasteiger partial charge in [-0.3, -0.25) is 11.3 Å². The van der Waals surface area contributed by atoms with Gasteiger partial charge >= 0.3 is 0 Å². The van der Waals surface area contributed by atoms with Gasteiger partial charge in [0, 0.05) is 13.2 Å². The summed E-state index contributed by atoms with van der Waals surface area (Å²) in [6.45, 7) is 4.56. The molecule has 1 aliphatic rings. The highest BCUT2D eigenvalue weighted by Crippen LogP contribution is 2.30. The van der Waals surface area contributed by atoms with Gasteiger partial charge in [0.1, 0.15) is 0 Å². The van der Waals surface area contributed by atoms with Gasteiger partial charge in [0.15, 0.2) is 0 Å². The first-order valence-corrected chi connectivity index (χ1v) is 7.68. The van der Waals surface area contributed by atoms with E-state index in [1.54, 1.807) is 0 Å². The van der Waals surface area contributed by atoms with Crippen molar-refractivity contribution in [2.24, 2.45) is 17.7 Å². The van der Waals surface area contributed by atoms with Crippen molar-refractivity contribution in [2.75, 3.05) is 7.11 Å². The van der Waals surface area contributed by atoms with Crippen LogP contribution in [0.15, 0.2) is 0 Å². The van der Waals surface area contributed by atoms with Gasteiger partial charge in [0.2, 0.25) is 0 Å². The minimum atomic E-state index is 0.294. The highest BCUT2D eigenvalue weighted by Gasteiger charge is 2.29. The van der Waals surface area contributed by atoms with Crippen LogP contribution in [0.1, 0.15) is 65.2 Å². The minimum Gasteiger partial charge on any atom is -0.379 e. The summed E-state index contributed by atoms with van der Waals surface area (Å²) >= 11 is 0. The summed E-state index contributed by atoms with van der Waals surface area (Å²) in [6, 6.07) is 0.317. The molecule has 3 N–H and O–H groups in total. The topological polar surface area (TPSA) is 47.3 Å². The third-order valence-corrected chi connectivity index (χ3v) is 4.29. The zero-order chi connectivity index (χ0) is 13.4. The standard InChI is InChI=1S/C15H32N2O/c1-12(2)8-7-11-14(17-16)15(18-3)13-9-5-4-6-10-13/h12-15,17H,4-11,16H2,1-3H3. The maximum atomic E-state index is 5.76. The lowest BCUT2D eigenvalue weighted by Crippen LogP contribution is -2.48. The van der Waals surface area contributed by atoms with Gasteiger partial charge in [-0.15, -0.1) is 0 Å². The van der Waals surface area contributed by atoms with Gasteiger partial charge in [-0.05, 0) is 31.1 Å². The summed E-state index contributed by atoms with van der Waals surface area (Å²) in [7, 11) is 1.84. The molecule has 0 aromatic carbocycles. The molecule has 2 atom stereocenters. The molecule has 18 heavy (non-hydrogen) atoms. The average molecular weight is 256 g/mol. The molecule has 108 valence electrons. The number of ether oxygens (including phenoxy) is 1. The number of nitrogens with two attached hydrogens (primary N) is 1. The van der Waals surface area contributed by atoms with Crippen LogP contribution in [0.25, 0.3) is 0 Å².